The number of hydrogen-bond acceptors (Lipinski definition) is 3. The summed E-state index contributed by atoms with van der Waals surface area (Å²) in [6.07, 6.45) is 1.07. The molecule has 2 N–H and O–H groups in total. The summed E-state index contributed by atoms with van der Waals surface area (Å²) in [7, 11) is 0. The van der Waals surface area contributed by atoms with Gasteiger partial charge in [0, 0.05) is 11.3 Å². The van der Waals surface area contributed by atoms with Crippen molar-refractivity contribution in [2.24, 2.45) is 0 Å². The molecule has 1 aliphatic rings. The zero-order chi connectivity index (χ0) is 11.0. The van der Waals surface area contributed by atoms with Gasteiger partial charge in [0.15, 0.2) is 0 Å². The highest BCUT2D eigenvalue weighted by Crippen LogP contribution is 2.43. The molecule has 80 valence electrons. The van der Waals surface area contributed by atoms with Crippen molar-refractivity contribution < 1.29 is 4.39 Å². The Morgan fingerprint density at radius 3 is 3.00 bits per heavy atom. The standard InChI is InChI=1S/C11H13FN2S/c1-2-6-3-7(12)4-9-10(6)8(5-13)11(14)15-9/h6-7H,2-4,14H2,1H3. The van der Waals surface area contributed by atoms with Crippen LogP contribution in [0.15, 0.2) is 0 Å². The monoisotopic (exact) mass is 224 g/mol. The summed E-state index contributed by atoms with van der Waals surface area (Å²) in [6, 6.07) is 2.15. The fourth-order valence-electron chi connectivity index (χ4n) is 2.29. The minimum Gasteiger partial charge on any atom is -0.389 e. The van der Waals surface area contributed by atoms with Gasteiger partial charge in [0.05, 0.1) is 5.56 Å². The second-order valence-corrected chi connectivity index (χ2v) is 5.07. The first-order valence-corrected chi connectivity index (χ1v) is 5.94. The molecule has 1 aromatic rings. The zero-order valence-corrected chi connectivity index (χ0v) is 9.40. The van der Waals surface area contributed by atoms with Crippen molar-refractivity contribution >= 4 is 16.3 Å². The molecule has 0 spiro atoms. The van der Waals surface area contributed by atoms with Crippen molar-refractivity contribution in [3.05, 3.63) is 16.0 Å². The number of nitrogens with zero attached hydrogens (tertiary/aromatic N) is 1. The number of anilines is 1. The summed E-state index contributed by atoms with van der Waals surface area (Å²) >= 11 is 1.38. The Kier molecular flexibility index (Phi) is 2.66. The van der Waals surface area contributed by atoms with Gasteiger partial charge in [-0.25, -0.2) is 4.39 Å². The second kappa shape index (κ2) is 3.82. The predicted octanol–water partition coefficient (Wildman–Crippen LogP) is 2.98. The van der Waals surface area contributed by atoms with Gasteiger partial charge in [0.1, 0.15) is 17.2 Å². The van der Waals surface area contributed by atoms with E-state index in [1.54, 1.807) is 0 Å². The Labute approximate surface area is 92.5 Å². The van der Waals surface area contributed by atoms with Crippen LogP contribution in [0.25, 0.3) is 0 Å². The molecule has 0 fully saturated rings. The summed E-state index contributed by atoms with van der Waals surface area (Å²) in [4.78, 5) is 0.981. The van der Waals surface area contributed by atoms with Crippen LogP contribution in [0.2, 0.25) is 0 Å². The number of thiophene rings is 1. The average molecular weight is 224 g/mol. The molecular weight excluding hydrogens is 211 g/mol. The third kappa shape index (κ3) is 1.61. The Hall–Kier alpha value is -1.08. The molecule has 4 heteroatoms. The van der Waals surface area contributed by atoms with Crippen molar-refractivity contribution in [3.8, 4) is 6.07 Å². The maximum Gasteiger partial charge on any atom is 0.106 e. The Morgan fingerprint density at radius 1 is 1.67 bits per heavy atom. The average Bonchev–Trinajstić information content (AvgIpc) is 2.52. The van der Waals surface area contributed by atoms with Crippen molar-refractivity contribution in [1.29, 1.82) is 5.26 Å². The minimum absolute atomic E-state index is 0.173. The summed E-state index contributed by atoms with van der Waals surface area (Å²) in [5.41, 5.74) is 7.38. The van der Waals surface area contributed by atoms with Gasteiger partial charge in [-0.05, 0) is 24.3 Å². The van der Waals surface area contributed by atoms with Crippen LogP contribution in [0.5, 0.6) is 0 Å². The first-order chi connectivity index (χ1) is 7.17. The highest BCUT2D eigenvalue weighted by Gasteiger charge is 2.31. The van der Waals surface area contributed by atoms with E-state index in [4.69, 9.17) is 11.0 Å². The number of hydrogen-bond donors (Lipinski definition) is 1. The number of halogens is 1. The van der Waals surface area contributed by atoms with Gasteiger partial charge >= 0.3 is 0 Å². The van der Waals surface area contributed by atoms with E-state index in [1.807, 2.05) is 6.92 Å². The molecule has 0 aliphatic heterocycles. The van der Waals surface area contributed by atoms with Crippen molar-refractivity contribution in [3.63, 3.8) is 0 Å². The molecule has 1 aliphatic carbocycles. The van der Waals surface area contributed by atoms with Crippen LogP contribution in [0, 0.1) is 11.3 Å². The van der Waals surface area contributed by atoms with Gasteiger partial charge in [-0.3, -0.25) is 0 Å². The summed E-state index contributed by atoms with van der Waals surface area (Å²) in [5, 5.41) is 9.58. The predicted molar refractivity (Wildman–Crippen MR) is 59.7 cm³/mol. The van der Waals surface area contributed by atoms with Crippen LogP contribution in [0.4, 0.5) is 9.39 Å². The van der Waals surface area contributed by atoms with Gasteiger partial charge < -0.3 is 5.73 Å². The molecule has 0 amide bonds. The highest BCUT2D eigenvalue weighted by atomic mass is 32.1. The lowest BCUT2D eigenvalue weighted by atomic mass is 9.83. The molecule has 2 unspecified atom stereocenters. The van der Waals surface area contributed by atoms with E-state index in [0.717, 1.165) is 16.9 Å². The smallest absolute Gasteiger partial charge is 0.106 e. The summed E-state index contributed by atoms with van der Waals surface area (Å²) < 4.78 is 13.4. The van der Waals surface area contributed by atoms with Crippen LogP contribution < -0.4 is 5.73 Å². The fraction of sp³-hybridized carbons (Fsp3) is 0.545. The van der Waals surface area contributed by atoms with Crippen LogP contribution in [0.1, 0.15) is 41.7 Å². The number of alkyl halides is 1. The number of rotatable bonds is 1. The van der Waals surface area contributed by atoms with Crippen molar-refractivity contribution in [1.82, 2.24) is 0 Å². The molecule has 0 saturated carbocycles. The lowest BCUT2D eigenvalue weighted by Crippen LogP contribution is -2.18. The lowest BCUT2D eigenvalue weighted by molar-refractivity contribution is 0.277. The van der Waals surface area contributed by atoms with E-state index in [0.29, 0.717) is 23.4 Å². The number of fused-ring (bicyclic) bond motifs is 1. The molecule has 0 saturated heterocycles. The molecule has 0 bridgehead atoms. The normalized spacial score (nSPS) is 24.6. The van der Waals surface area contributed by atoms with Crippen LogP contribution >= 0.6 is 11.3 Å². The van der Waals surface area contributed by atoms with Crippen LogP contribution in [-0.4, -0.2) is 6.17 Å². The Balaban J connectivity index is 2.53. The van der Waals surface area contributed by atoms with Gasteiger partial charge in [0.2, 0.25) is 0 Å². The molecule has 1 aromatic heterocycles. The second-order valence-electron chi connectivity index (χ2n) is 3.93. The Morgan fingerprint density at radius 2 is 2.40 bits per heavy atom. The Bertz CT molecular complexity index is 419. The van der Waals surface area contributed by atoms with Gasteiger partial charge in [-0.15, -0.1) is 11.3 Å². The molecule has 15 heavy (non-hydrogen) atoms. The number of nitrogens with two attached hydrogens (primary N) is 1. The number of nitriles is 1. The van der Waals surface area contributed by atoms with E-state index < -0.39 is 6.17 Å². The first kappa shape index (κ1) is 10.4. The molecule has 2 rings (SSSR count). The van der Waals surface area contributed by atoms with E-state index in [-0.39, 0.29) is 5.92 Å². The fourth-order valence-corrected chi connectivity index (χ4v) is 3.46. The maximum atomic E-state index is 13.4. The van der Waals surface area contributed by atoms with Crippen LogP contribution in [0.3, 0.4) is 0 Å². The summed E-state index contributed by atoms with van der Waals surface area (Å²) in [5.74, 6) is 0.173. The molecule has 0 radical (unpaired) electrons. The van der Waals surface area contributed by atoms with Gasteiger partial charge in [0.25, 0.3) is 0 Å². The molecule has 2 nitrogen and oxygen atoms in total. The SMILES string of the molecule is CCC1CC(F)Cc2sc(N)c(C#N)c21. The minimum atomic E-state index is -0.771. The first-order valence-electron chi connectivity index (χ1n) is 5.12. The quantitative estimate of drug-likeness (QED) is 0.797. The molecule has 2 atom stereocenters. The highest BCUT2D eigenvalue weighted by molar-refractivity contribution is 7.16. The molecule has 0 aromatic carbocycles. The van der Waals surface area contributed by atoms with E-state index in [2.05, 4.69) is 6.07 Å². The topological polar surface area (TPSA) is 49.8 Å². The molecule has 1 heterocycles. The van der Waals surface area contributed by atoms with Crippen molar-refractivity contribution in [2.75, 3.05) is 5.73 Å². The van der Waals surface area contributed by atoms with E-state index >= 15 is 0 Å². The number of nitrogen functional groups attached to an aromatic ring is 1. The largest absolute Gasteiger partial charge is 0.389 e. The van der Waals surface area contributed by atoms with Gasteiger partial charge in [-0.1, -0.05) is 6.92 Å². The lowest BCUT2D eigenvalue weighted by Gasteiger charge is -2.24. The van der Waals surface area contributed by atoms with Crippen LogP contribution in [-0.2, 0) is 6.42 Å². The third-order valence-corrected chi connectivity index (χ3v) is 4.07. The zero-order valence-electron chi connectivity index (χ0n) is 8.59. The van der Waals surface area contributed by atoms with Crippen molar-refractivity contribution in [2.45, 2.75) is 38.3 Å². The third-order valence-electron chi connectivity index (χ3n) is 3.01. The summed E-state index contributed by atoms with van der Waals surface area (Å²) in [6.45, 7) is 2.03. The molecular formula is C11H13FN2S. The maximum absolute atomic E-state index is 13.4. The van der Waals surface area contributed by atoms with E-state index in [1.165, 1.54) is 11.3 Å². The van der Waals surface area contributed by atoms with E-state index in [9.17, 15) is 4.39 Å². The van der Waals surface area contributed by atoms with Gasteiger partial charge in [-0.2, -0.15) is 5.26 Å².